The lowest BCUT2D eigenvalue weighted by atomic mass is 10.4. The van der Waals surface area contributed by atoms with Gasteiger partial charge in [-0.3, -0.25) is 4.68 Å². The van der Waals surface area contributed by atoms with Crippen molar-refractivity contribution in [2.75, 3.05) is 14.2 Å². The van der Waals surface area contributed by atoms with Gasteiger partial charge >= 0.3 is 18.0 Å². The first kappa shape index (κ1) is 13.9. The molecule has 1 heterocycles. The highest BCUT2D eigenvalue weighted by Gasteiger charge is 2.44. The molecule has 0 saturated heterocycles. The second kappa shape index (κ2) is 4.98. The highest BCUT2D eigenvalue weighted by Crippen LogP contribution is 2.22. The summed E-state index contributed by atoms with van der Waals surface area (Å²) in [6.07, 6.45) is -4.18. The first-order valence-corrected chi connectivity index (χ1v) is 4.59. The van der Waals surface area contributed by atoms with Crippen LogP contribution in [-0.2, 0) is 21.3 Å². The topological polar surface area (TPSA) is 79.7 Å². The van der Waals surface area contributed by atoms with Crippen LogP contribution in [0.5, 0.6) is 5.88 Å². The van der Waals surface area contributed by atoms with Crippen LogP contribution in [0.3, 0.4) is 0 Å². The molecule has 0 bridgehead atoms. The molecule has 1 rings (SSSR count). The van der Waals surface area contributed by atoms with Crippen LogP contribution in [0.2, 0.25) is 0 Å². The Hall–Kier alpha value is -2.19. The first-order chi connectivity index (χ1) is 8.31. The van der Waals surface area contributed by atoms with Crippen molar-refractivity contribution in [2.45, 2.75) is 6.11 Å². The maximum Gasteiger partial charge on any atom is 0.503 e. The summed E-state index contributed by atoms with van der Waals surface area (Å²) in [4.78, 5) is 21.9. The Morgan fingerprint density at radius 3 is 2.44 bits per heavy atom. The number of methoxy groups -OCH3 is 2. The lowest BCUT2D eigenvalue weighted by Crippen LogP contribution is -2.36. The van der Waals surface area contributed by atoms with Gasteiger partial charge in [-0.2, -0.15) is 8.78 Å². The summed E-state index contributed by atoms with van der Waals surface area (Å²) in [5, 5.41) is 3.49. The minimum atomic E-state index is -4.18. The van der Waals surface area contributed by atoms with Gasteiger partial charge in [0.15, 0.2) is 0 Å². The Bertz CT molecular complexity index is 472. The van der Waals surface area contributed by atoms with E-state index in [1.165, 1.54) is 7.05 Å². The maximum atomic E-state index is 13.1. The fourth-order valence-electron chi connectivity index (χ4n) is 1.08. The van der Waals surface area contributed by atoms with E-state index in [0.717, 1.165) is 25.0 Å². The Balaban J connectivity index is 2.93. The Morgan fingerprint density at radius 1 is 1.33 bits per heavy atom. The van der Waals surface area contributed by atoms with Crippen molar-refractivity contribution in [1.29, 1.82) is 0 Å². The molecule has 0 aliphatic carbocycles. The van der Waals surface area contributed by atoms with Gasteiger partial charge in [-0.25, -0.2) is 9.59 Å². The smallest absolute Gasteiger partial charge is 0.464 e. The molecule has 1 aromatic rings. The van der Waals surface area contributed by atoms with Gasteiger partial charge < -0.3 is 14.2 Å². The minimum absolute atomic E-state index is 0.104. The minimum Gasteiger partial charge on any atom is -0.464 e. The van der Waals surface area contributed by atoms with Gasteiger partial charge in [0.05, 0.1) is 14.2 Å². The van der Waals surface area contributed by atoms with Crippen LogP contribution in [0.25, 0.3) is 0 Å². The molecular weight excluding hydrogens is 254 g/mol. The van der Waals surface area contributed by atoms with E-state index in [1.807, 2.05) is 0 Å². The summed E-state index contributed by atoms with van der Waals surface area (Å²) in [6, 6.07) is 0.919. The van der Waals surface area contributed by atoms with Gasteiger partial charge in [-0.1, -0.05) is 0 Å². The molecule has 0 aliphatic heterocycles. The first-order valence-electron chi connectivity index (χ1n) is 4.59. The molecule has 0 saturated carbocycles. The number of halogens is 2. The Labute approximate surface area is 100 Å². The predicted molar refractivity (Wildman–Crippen MR) is 52.1 cm³/mol. The van der Waals surface area contributed by atoms with Crippen molar-refractivity contribution in [3.63, 3.8) is 0 Å². The number of carbonyl (C=O) groups excluding carboxylic acids is 2. The van der Waals surface area contributed by atoms with Gasteiger partial charge in [0.2, 0.25) is 5.88 Å². The fourth-order valence-corrected chi connectivity index (χ4v) is 1.08. The van der Waals surface area contributed by atoms with Crippen molar-refractivity contribution in [2.24, 2.45) is 7.05 Å². The number of hydrogen-bond acceptors (Lipinski definition) is 6. The van der Waals surface area contributed by atoms with Gasteiger partial charge in [-0.15, -0.1) is 5.10 Å². The number of aryl methyl sites for hydroxylation is 1. The highest BCUT2D eigenvalue weighted by molar-refractivity contribution is 5.87. The van der Waals surface area contributed by atoms with E-state index < -0.39 is 23.9 Å². The number of carbonyl (C=O) groups is 2. The molecule has 0 amide bonds. The zero-order valence-electron chi connectivity index (χ0n) is 9.77. The number of ether oxygens (including phenoxy) is 3. The molecule has 0 unspecified atom stereocenters. The van der Waals surface area contributed by atoms with Crippen molar-refractivity contribution in [1.82, 2.24) is 9.78 Å². The van der Waals surface area contributed by atoms with Crippen LogP contribution < -0.4 is 4.74 Å². The standard InChI is InChI=1S/C9H10F2N2O5/c1-13-5(7(14)16-2)4-6(12-13)18-9(10,11)8(15)17-3/h4H,1-3H3. The molecule has 0 spiro atoms. The van der Waals surface area contributed by atoms with Gasteiger partial charge in [0.25, 0.3) is 0 Å². The Kier molecular flexibility index (Phi) is 3.84. The number of esters is 2. The predicted octanol–water partition coefficient (Wildman–Crippen LogP) is 0.351. The molecule has 18 heavy (non-hydrogen) atoms. The summed E-state index contributed by atoms with van der Waals surface area (Å²) < 4.78 is 39.4. The van der Waals surface area contributed by atoms with E-state index in [4.69, 9.17) is 0 Å². The van der Waals surface area contributed by atoms with Crippen molar-refractivity contribution in [3.8, 4) is 5.88 Å². The molecule has 0 fully saturated rings. The average Bonchev–Trinajstić information content (AvgIpc) is 2.67. The van der Waals surface area contributed by atoms with Crippen LogP contribution in [0.15, 0.2) is 6.07 Å². The van der Waals surface area contributed by atoms with Crippen molar-refractivity contribution >= 4 is 11.9 Å². The SMILES string of the molecule is COC(=O)c1cc(OC(F)(F)C(=O)OC)nn1C. The molecule has 100 valence electrons. The lowest BCUT2D eigenvalue weighted by Gasteiger charge is -2.12. The second-order valence-corrected chi connectivity index (χ2v) is 3.09. The van der Waals surface area contributed by atoms with E-state index in [-0.39, 0.29) is 5.69 Å². The second-order valence-electron chi connectivity index (χ2n) is 3.09. The Morgan fingerprint density at radius 2 is 1.94 bits per heavy atom. The number of hydrogen-bond donors (Lipinski definition) is 0. The van der Waals surface area contributed by atoms with E-state index in [1.54, 1.807) is 0 Å². The third kappa shape index (κ3) is 2.73. The van der Waals surface area contributed by atoms with Crippen LogP contribution in [0.1, 0.15) is 10.5 Å². The molecular formula is C9H10F2N2O5. The lowest BCUT2D eigenvalue weighted by molar-refractivity contribution is -0.215. The molecule has 0 aromatic carbocycles. The third-order valence-electron chi connectivity index (χ3n) is 1.91. The molecule has 0 radical (unpaired) electrons. The van der Waals surface area contributed by atoms with E-state index in [2.05, 4.69) is 19.3 Å². The van der Waals surface area contributed by atoms with Crippen LogP contribution in [-0.4, -0.2) is 42.0 Å². The molecule has 0 atom stereocenters. The zero-order valence-corrected chi connectivity index (χ0v) is 9.77. The summed E-state index contributed by atoms with van der Waals surface area (Å²) in [7, 11) is 3.24. The third-order valence-corrected chi connectivity index (χ3v) is 1.91. The number of rotatable bonds is 4. The van der Waals surface area contributed by atoms with Gasteiger partial charge in [0, 0.05) is 13.1 Å². The van der Waals surface area contributed by atoms with Crippen molar-refractivity contribution < 1.29 is 32.6 Å². The molecule has 0 aliphatic rings. The van der Waals surface area contributed by atoms with E-state index >= 15 is 0 Å². The van der Waals surface area contributed by atoms with E-state index in [9.17, 15) is 18.4 Å². The quantitative estimate of drug-likeness (QED) is 0.730. The molecule has 1 aromatic heterocycles. The molecule has 0 N–H and O–H groups in total. The van der Waals surface area contributed by atoms with Gasteiger partial charge in [0.1, 0.15) is 5.69 Å². The summed E-state index contributed by atoms with van der Waals surface area (Å²) in [6.45, 7) is 0. The highest BCUT2D eigenvalue weighted by atomic mass is 19.3. The average molecular weight is 264 g/mol. The number of aromatic nitrogens is 2. The van der Waals surface area contributed by atoms with Crippen molar-refractivity contribution in [3.05, 3.63) is 11.8 Å². The van der Waals surface area contributed by atoms with Crippen LogP contribution in [0.4, 0.5) is 8.78 Å². The summed E-state index contributed by atoms with van der Waals surface area (Å²) >= 11 is 0. The van der Waals surface area contributed by atoms with Crippen LogP contribution in [0, 0.1) is 0 Å². The van der Waals surface area contributed by atoms with E-state index in [0.29, 0.717) is 0 Å². The molecule has 7 nitrogen and oxygen atoms in total. The normalized spacial score (nSPS) is 10.9. The molecule has 9 heteroatoms. The monoisotopic (exact) mass is 264 g/mol. The fraction of sp³-hybridized carbons (Fsp3) is 0.444. The van der Waals surface area contributed by atoms with Gasteiger partial charge in [-0.05, 0) is 0 Å². The summed E-state index contributed by atoms with van der Waals surface area (Å²) in [5.74, 6) is -3.25. The largest absolute Gasteiger partial charge is 0.503 e. The zero-order chi connectivity index (χ0) is 13.9. The maximum absolute atomic E-state index is 13.1. The number of nitrogens with zero attached hydrogens (tertiary/aromatic N) is 2. The number of alkyl halides is 2. The summed E-state index contributed by atoms with van der Waals surface area (Å²) in [5.41, 5.74) is -0.104. The van der Waals surface area contributed by atoms with Crippen LogP contribution >= 0.6 is 0 Å².